The van der Waals surface area contributed by atoms with Crippen LogP contribution in [0, 0.1) is 11.3 Å². The number of anilines is 1. The lowest BCUT2D eigenvalue weighted by Crippen LogP contribution is -2.36. The molecule has 0 aliphatic carbocycles. The Kier molecular flexibility index (Phi) is 6.28. The van der Waals surface area contributed by atoms with E-state index in [0.717, 1.165) is 18.7 Å². The monoisotopic (exact) mass is 423 g/mol. The second kappa shape index (κ2) is 8.49. The fraction of sp³-hybridized carbons (Fsp3) is 0.316. The van der Waals surface area contributed by atoms with Crippen LogP contribution < -0.4 is 4.90 Å². The van der Waals surface area contributed by atoms with E-state index in [2.05, 4.69) is 11.0 Å². The summed E-state index contributed by atoms with van der Waals surface area (Å²) in [6, 6.07) is 14.4. The highest BCUT2D eigenvalue weighted by molar-refractivity contribution is 7.88. The van der Waals surface area contributed by atoms with Crippen LogP contribution in [0.15, 0.2) is 42.5 Å². The first-order valence-electron chi connectivity index (χ1n) is 8.56. The quantitative estimate of drug-likeness (QED) is 0.747. The molecule has 0 bridgehead atoms. The topological polar surface area (TPSA) is 64.4 Å². The Balaban J connectivity index is 1.68. The van der Waals surface area contributed by atoms with Crippen LogP contribution in [-0.4, -0.2) is 38.9 Å². The van der Waals surface area contributed by atoms with Crippen LogP contribution in [0.1, 0.15) is 17.5 Å². The van der Waals surface area contributed by atoms with Gasteiger partial charge in [0.2, 0.25) is 10.0 Å². The molecule has 2 aromatic carbocycles. The first kappa shape index (κ1) is 20.0. The van der Waals surface area contributed by atoms with Crippen LogP contribution in [0.5, 0.6) is 0 Å². The van der Waals surface area contributed by atoms with Crippen molar-refractivity contribution in [3.63, 3.8) is 0 Å². The molecule has 1 aliphatic heterocycles. The van der Waals surface area contributed by atoms with Crippen molar-refractivity contribution in [1.82, 2.24) is 4.31 Å². The van der Waals surface area contributed by atoms with Crippen molar-refractivity contribution in [1.29, 1.82) is 5.26 Å². The number of halogens is 2. The van der Waals surface area contributed by atoms with Crippen LogP contribution in [0.3, 0.4) is 0 Å². The largest absolute Gasteiger partial charge is 0.370 e. The van der Waals surface area contributed by atoms with Crippen molar-refractivity contribution < 1.29 is 8.42 Å². The van der Waals surface area contributed by atoms with E-state index in [0.29, 0.717) is 40.8 Å². The molecule has 142 valence electrons. The fourth-order valence-corrected chi connectivity index (χ4v) is 4.98. The molecule has 0 unspecified atom stereocenters. The van der Waals surface area contributed by atoms with Crippen molar-refractivity contribution in [3.05, 3.63) is 63.6 Å². The molecule has 0 radical (unpaired) electrons. The van der Waals surface area contributed by atoms with E-state index in [9.17, 15) is 8.42 Å². The number of nitrogens with zero attached hydrogens (tertiary/aromatic N) is 3. The van der Waals surface area contributed by atoms with Gasteiger partial charge in [0.05, 0.1) is 27.4 Å². The van der Waals surface area contributed by atoms with Gasteiger partial charge in [0, 0.05) is 31.9 Å². The van der Waals surface area contributed by atoms with Crippen molar-refractivity contribution in [3.8, 4) is 6.07 Å². The van der Waals surface area contributed by atoms with Crippen LogP contribution in [0.2, 0.25) is 10.0 Å². The predicted molar refractivity (Wildman–Crippen MR) is 109 cm³/mol. The summed E-state index contributed by atoms with van der Waals surface area (Å²) in [5.41, 5.74) is 2.23. The number of hydrogen-bond acceptors (Lipinski definition) is 4. The molecule has 0 amide bonds. The third-order valence-electron chi connectivity index (χ3n) is 4.54. The fourth-order valence-electron chi connectivity index (χ4n) is 3.11. The molecule has 0 atom stereocenters. The molecule has 0 N–H and O–H groups in total. The third kappa shape index (κ3) is 4.94. The number of nitriles is 1. The van der Waals surface area contributed by atoms with Gasteiger partial charge in [0.15, 0.2) is 0 Å². The minimum absolute atomic E-state index is 0.0965. The summed E-state index contributed by atoms with van der Waals surface area (Å²) >= 11 is 11.9. The zero-order valence-corrected chi connectivity index (χ0v) is 16.9. The van der Waals surface area contributed by atoms with E-state index in [1.54, 1.807) is 34.6 Å². The Bertz CT molecular complexity index is 956. The van der Waals surface area contributed by atoms with Crippen LogP contribution in [0.4, 0.5) is 5.69 Å². The van der Waals surface area contributed by atoms with Gasteiger partial charge in [-0.3, -0.25) is 0 Å². The summed E-state index contributed by atoms with van der Waals surface area (Å²) in [5.74, 6) is -0.0965. The zero-order valence-electron chi connectivity index (χ0n) is 14.6. The highest BCUT2D eigenvalue weighted by atomic mass is 35.5. The maximum absolute atomic E-state index is 12.8. The Morgan fingerprint density at radius 1 is 0.963 bits per heavy atom. The second-order valence-corrected chi connectivity index (χ2v) is 9.19. The SMILES string of the molecule is N#Cc1ccc(N2CCCN(S(=O)(=O)Cc3ccc(Cl)c(Cl)c3)CC2)cc1. The summed E-state index contributed by atoms with van der Waals surface area (Å²) in [7, 11) is -3.44. The van der Waals surface area contributed by atoms with Gasteiger partial charge in [-0.05, 0) is 48.4 Å². The molecule has 3 rings (SSSR count). The molecule has 8 heteroatoms. The van der Waals surface area contributed by atoms with Gasteiger partial charge in [0.25, 0.3) is 0 Å². The Hall–Kier alpha value is -1.78. The van der Waals surface area contributed by atoms with Crippen LogP contribution in [0.25, 0.3) is 0 Å². The lowest BCUT2D eigenvalue weighted by atomic mass is 10.2. The van der Waals surface area contributed by atoms with Gasteiger partial charge >= 0.3 is 0 Å². The first-order valence-corrected chi connectivity index (χ1v) is 10.9. The average molecular weight is 424 g/mol. The highest BCUT2D eigenvalue weighted by Crippen LogP contribution is 2.25. The van der Waals surface area contributed by atoms with E-state index in [1.807, 2.05) is 12.1 Å². The standard InChI is InChI=1S/C19H19Cl2N3O2S/c20-18-7-4-16(12-19(18)21)14-27(25,26)24-9-1-8-23(10-11-24)17-5-2-15(13-22)3-6-17/h2-7,12H,1,8-11,14H2. The maximum atomic E-state index is 12.8. The summed E-state index contributed by atoms with van der Waals surface area (Å²) in [4.78, 5) is 2.15. The Morgan fingerprint density at radius 3 is 2.37 bits per heavy atom. The predicted octanol–water partition coefficient (Wildman–Crippen LogP) is 3.91. The minimum atomic E-state index is -3.44. The van der Waals surface area contributed by atoms with Gasteiger partial charge in [-0.2, -0.15) is 9.57 Å². The molecular formula is C19H19Cl2N3O2S. The summed E-state index contributed by atoms with van der Waals surface area (Å²) in [5, 5.41) is 9.67. The van der Waals surface area contributed by atoms with E-state index >= 15 is 0 Å². The number of sulfonamides is 1. The third-order valence-corrected chi connectivity index (χ3v) is 7.13. The first-order chi connectivity index (χ1) is 12.9. The summed E-state index contributed by atoms with van der Waals surface area (Å²) < 4.78 is 27.2. The minimum Gasteiger partial charge on any atom is -0.370 e. The van der Waals surface area contributed by atoms with E-state index in [-0.39, 0.29) is 5.75 Å². The molecule has 1 saturated heterocycles. The van der Waals surface area contributed by atoms with Crippen molar-refractivity contribution in [2.75, 3.05) is 31.1 Å². The van der Waals surface area contributed by atoms with Crippen molar-refractivity contribution in [2.45, 2.75) is 12.2 Å². The smallest absolute Gasteiger partial charge is 0.218 e. The Labute approximate surface area is 169 Å². The number of hydrogen-bond donors (Lipinski definition) is 0. The van der Waals surface area contributed by atoms with Gasteiger partial charge < -0.3 is 4.90 Å². The van der Waals surface area contributed by atoms with Crippen molar-refractivity contribution >= 4 is 38.9 Å². The molecular weight excluding hydrogens is 405 g/mol. The molecule has 1 aliphatic rings. The van der Waals surface area contributed by atoms with Gasteiger partial charge in [0.1, 0.15) is 0 Å². The van der Waals surface area contributed by atoms with E-state index in [4.69, 9.17) is 28.5 Å². The van der Waals surface area contributed by atoms with E-state index in [1.165, 1.54) is 0 Å². The summed E-state index contributed by atoms with van der Waals surface area (Å²) in [6.45, 7) is 2.28. The molecule has 0 aromatic heterocycles. The zero-order chi connectivity index (χ0) is 19.4. The Morgan fingerprint density at radius 2 is 1.70 bits per heavy atom. The van der Waals surface area contributed by atoms with Crippen LogP contribution in [-0.2, 0) is 15.8 Å². The van der Waals surface area contributed by atoms with Gasteiger partial charge in [-0.25, -0.2) is 8.42 Å². The molecule has 0 saturated carbocycles. The summed E-state index contributed by atoms with van der Waals surface area (Å²) in [6.07, 6.45) is 0.737. The molecule has 0 spiro atoms. The van der Waals surface area contributed by atoms with Crippen LogP contribution >= 0.6 is 23.2 Å². The molecule has 5 nitrogen and oxygen atoms in total. The lowest BCUT2D eigenvalue weighted by Gasteiger charge is -2.23. The normalized spacial score (nSPS) is 16.0. The van der Waals surface area contributed by atoms with Gasteiger partial charge in [-0.1, -0.05) is 29.3 Å². The molecule has 1 heterocycles. The lowest BCUT2D eigenvalue weighted by molar-refractivity contribution is 0.432. The number of rotatable bonds is 4. The molecule has 1 fully saturated rings. The van der Waals surface area contributed by atoms with Gasteiger partial charge in [-0.15, -0.1) is 0 Å². The molecule has 2 aromatic rings. The second-order valence-electron chi connectivity index (χ2n) is 6.40. The maximum Gasteiger partial charge on any atom is 0.218 e. The average Bonchev–Trinajstić information content (AvgIpc) is 2.91. The van der Waals surface area contributed by atoms with E-state index < -0.39 is 10.0 Å². The van der Waals surface area contributed by atoms with Crippen molar-refractivity contribution in [2.24, 2.45) is 0 Å². The molecule has 27 heavy (non-hydrogen) atoms. The number of benzene rings is 2. The highest BCUT2D eigenvalue weighted by Gasteiger charge is 2.25.